The Kier molecular flexibility index (Phi) is 5.36. The van der Waals surface area contributed by atoms with Gasteiger partial charge in [-0.3, -0.25) is 9.32 Å². The molecule has 0 bridgehead atoms. The average Bonchev–Trinajstić information content (AvgIpc) is 2.82. The lowest BCUT2D eigenvalue weighted by atomic mass is 10.2. The molecule has 0 aliphatic rings. The molecule has 24 heavy (non-hydrogen) atoms. The number of aryl methyl sites for hydroxylation is 1. The van der Waals surface area contributed by atoms with E-state index in [9.17, 15) is 13.8 Å². The van der Waals surface area contributed by atoms with Gasteiger partial charge in [0.05, 0.1) is 10.7 Å². The maximum absolute atomic E-state index is 13.8. The Morgan fingerprint density at radius 1 is 1.46 bits per heavy atom. The number of benzene rings is 1. The van der Waals surface area contributed by atoms with Crippen LogP contribution in [0.15, 0.2) is 18.2 Å². The molecule has 1 heterocycles. The van der Waals surface area contributed by atoms with Gasteiger partial charge in [0.1, 0.15) is 0 Å². The fourth-order valence-corrected chi connectivity index (χ4v) is 2.51. The maximum atomic E-state index is 13.8. The van der Waals surface area contributed by atoms with E-state index in [1.54, 1.807) is 12.1 Å². The molecule has 1 aromatic heterocycles. The van der Waals surface area contributed by atoms with Crippen LogP contribution < -0.4 is 5.32 Å². The van der Waals surface area contributed by atoms with E-state index in [4.69, 9.17) is 21.4 Å². The van der Waals surface area contributed by atoms with E-state index in [0.717, 1.165) is 5.56 Å². The van der Waals surface area contributed by atoms with Crippen LogP contribution in [0.5, 0.6) is 0 Å². The van der Waals surface area contributed by atoms with Gasteiger partial charge < -0.3 is 15.1 Å². The molecule has 1 atom stereocenters. The lowest BCUT2D eigenvalue weighted by Gasteiger charge is -2.11. The molecular weight excluding hydrogens is 366 g/mol. The Morgan fingerprint density at radius 3 is 2.71 bits per heavy atom. The minimum Gasteiger partial charge on any atom is -0.319 e. The highest BCUT2D eigenvalue weighted by Crippen LogP contribution is 2.40. The van der Waals surface area contributed by atoms with Crippen molar-refractivity contribution in [2.75, 3.05) is 5.32 Å². The summed E-state index contributed by atoms with van der Waals surface area (Å²) in [4.78, 5) is 30.0. The molecule has 0 radical (unpaired) electrons. The summed E-state index contributed by atoms with van der Waals surface area (Å²) < 4.78 is 28.9. The highest BCUT2D eigenvalue weighted by atomic mass is 35.5. The van der Waals surface area contributed by atoms with Gasteiger partial charge >= 0.3 is 7.82 Å². The number of anilines is 1. The Hall–Kier alpha value is -1.84. The predicted molar refractivity (Wildman–Crippen MR) is 82.0 cm³/mol. The quantitative estimate of drug-likeness (QED) is 0.681. The molecule has 9 nitrogen and oxygen atoms in total. The first-order valence-electron chi connectivity index (χ1n) is 6.50. The van der Waals surface area contributed by atoms with Gasteiger partial charge in [-0.25, -0.2) is 4.57 Å². The third-order valence-corrected chi connectivity index (χ3v) is 3.68. The summed E-state index contributed by atoms with van der Waals surface area (Å²) in [6, 6.07) is 4.85. The Morgan fingerprint density at radius 2 is 2.12 bits per heavy atom. The summed E-state index contributed by atoms with van der Waals surface area (Å²) in [6.07, 6.45) is -1.38. The van der Waals surface area contributed by atoms with E-state index in [1.807, 2.05) is 6.92 Å². The van der Waals surface area contributed by atoms with Gasteiger partial charge in [-0.05, 0) is 31.5 Å². The maximum Gasteiger partial charge on any atom is 0.471 e. The number of rotatable bonds is 5. The van der Waals surface area contributed by atoms with E-state index in [0.29, 0.717) is 4.80 Å². The van der Waals surface area contributed by atoms with Crippen LogP contribution in [0.4, 0.5) is 10.1 Å². The summed E-state index contributed by atoms with van der Waals surface area (Å²) in [7, 11) is -4.82. The molecular formula is C12H13ClFN4O5P. The van der Waals surface area contributed by atoms with E-state index in [2.05, 4.69) is 20.0 Å². The number of carbonyl (C=O) groups is 1. The fraction of sp³-hybridized carbons (Fsp3) is 0.250. The van der Waals surface area contributed by atoms with E-state index >= 15 is 0 Å². The molecule has 1 aromatic carbocycles. The Labute approximate surface area is 140 Å². The van der Waals surface area contributed by atoms with Crippen LogP contribution in [-0.2, 0) is 9.09 Å². The lowest BCUT2D eigenvalue weighted by molar-refractivity contribution is 0.0753. The van der Waals surface area contributed by atoms with Gasteiger partial charge in [0.15, 0.2) is 6.23 Å². The SMILES string of the molecule is Cc1ccc(NC(=O)c2nn(C(C)OP(=O)(O)O)nc2F)c(Cl)c1. The average molecular weight is 379 g/mol. The number of hydrogen-bond donors (Lipinski definition) is 3. The smallest absolute Gasteiger partial charge is 0.319 e. The summed E-state index contributed by atoms with van der Waals surface area (Å²) in [5, 5.41) is 9.45. The number of amides is 1. The van der Waals surface area contributed by atoms with Crippen LogP contribution in [-0.4, -0.2) is 30.7 Å². The van der Waals surface area contributed by atoms with Crippen LogP contribution in [0.3, 0.4) is 0 Å². The van der Waals surface area contributed by atoms with Crippen molar-refractivity contribution in [3.63, 3.8) is 0 Å². The zero-order chi connectivity index (χ0) is 18.1. The minimum absolute atomic E-state index is 0.251. The second-order valence-corrected chi connectivity index (χ2v) is 6.39. The lowest BCUT2D eigenvalue weighted by Crippen LogP contribution is -2.16. The molecule has 130 valence electrons. The van der Waals surface area contributed by atoms with Crippen molar-refractivity contribution in [2.45, 2.75) is 20.1 Å². The van der Waals surface area contributed by atoms with E-state index in [1.165, 1.54) is 13.0 Å². The van der Waals surface area contributed by atoms with Gasteiger partial charge in [0.25, 0.3) is 11.9 Å². The predicted octanol–water partition coefficient (Wildman–Crippen LogP) is 2.26. The number of carbonyl (C=O) groups excluding carboxylic acids is 1. The second kappa shape index (κ2) is 6.96. The first kappa shape index (κ1) is 18.5. The molecule has 0 spiro atoms. The molecule has 2 aromatic rings. The van der Waals surface area contributed by atoms with Crippen molar-refractivity contribution in [3.8, 4) is 0 Å². The second-order valence-electron chi connectivity index (χ2n) is 4.79. The molecule has 1 unspecified atom stereocenters. The first-order chi connectivity index (χ1) is 11.1. The molecule has 0 aliphatic carbocycles. The minimum atomic E-state index is -4.82. The molecule has 12 heteroatoms. The first-order valence-corrected chi connectivity index (χ1v) is 8.41. The topological polar surface area (TPSA) is 127 Å². The van der Waals surface area contributed by atoms with Gasteiger partial charge in [0.2, 0.25) is 5.69 Å². The summed E-state index contributed by atoms with van der Waals surface area (Å²) in [5.41, 5.74) is 0.451. The number of phosphoric ester groups is 1. The zero-order valence-corrected chi connectivity index (χ0v) is 14.1. The standard InChI is InChI=1S/C12H13ClFN4O5P/c1-6-3-4-9(8(13)5-6)15-12(19)10-11(14)17-18(16-10)7(2)23-24(20,21)22/h3-5,7H,1-2H3,(H,15,19)(H2,20,21,22). The van der Waals surface area contributed by atoms with E-state index < -0.39 is 31.6 Å². The summed E-state index contributed by atoms with van der Waals surface area (Å²) >= 11 is 5.97. The highest BCUT2D eigenvalue weighted by Gasteiger charge is 2.25. The van der Waals surface area contributed by atoms with Crippen molar-refractivity contribution >= 4 is 31.0 Å². The molecule has 0 saturated carbocycles. The number of nitrogens with one attached hydrogen (secondary N) is 1. The van der Waals surface area contributed by atoms with Crippen molar-refractivity contribution in [3.05, 3.63) is 40.4 Å². The van der Waals surface area contributed by atoms with Crippen LogP contribution in [0.1, 0.15) is 29.2 Å². The van der Waals surface area contributed by atoms with Crippen LogP contribution >= 0.6 is 19.4 Å². The number of hydrogen-bond acceptors (Lipinski definition) is 5. The van der Waals surface area contributed by atoms with E-state index in [-0.39, 0.29) is 10.7 Å². The molecule has 2 rings (SSSR count). The van der Waals surface area contributed by atoms with Crippen LogP contribution in [0, 0.1) is 12.9 Å². The Balaban J connectivity index is 2.20. The number of aromatic nitrogens is 3. The monoisotopic (exact) mass is 378 g/mol. The van der Waals surface area contributed by atoms with Gasteiger partial charge in [0, 0.05) is 0 Å². The molecule has 1 amide bonds. The molecule has 0 fully saturated rings. The highest BCUT2D eigenvalue weighted by molar-refractivity contribution is 7.46. The number of phosphoric acid groups is 1. The van der Waals surface area contributed by atoms with Crippen molar-refractivity contribution in [2.24, 2.45) is 0 Å². The van der Waals surface area contributed by atoms with Crippen molar-refractivity contribution in [1.82, 2.24) is 15.0 Å². The Bertz CT molecular complexity index is 824. The normalized spacial score (nSPS) is 12.9. The van der Waals surface area contributed by atoms with Crippen LogP contribution in [0.2, 0.25) is 5.02 Å². The van der Waals surface area contributed by atoms with Gasteiger partial charge in [-0.1, -0.05) is 17.7 Å². The summed E-state index contributed by atoms with van der Waals surface area (Å²) in [5.74, 6) is -2.15. The number of nitrogens with zero attached hydrogens (tertiary/aromatic N) is 3. The van der Waals surface area contributed by atoms with Crippen LogP contribution in [0.25, 0.3) is 0 Å². The third kappa shape index (κ3) is 4.59. The van der Waals surface area contributed by atoms with Crippen molar-refractivity contribution < 1.29 is 28.1 Å². The fourth-order valence-electron chi connectivity index (χ4n) is 1.75. The third-order valence-electron chi connectivity index (χ3n) is 2.79. The molecule has 0 saturated heterocycles. The molecule has 3 N–H and O–H groups in total. The zero-order valence-electron chi connectivity index (χ0n) is 12.5. The molecule has 0 aliphatic heterocycles. The van der Waals surface area contributed by atoms with Gasteiger partial charge in [-0.2, -0.15) is 9.19 Å². The van der Waals surface area contributed by atoms with Crippen molar-refractivity contribution in [1.29, 1.82) is 0 Å². The summed E-state index contributed by atoms with van der Waals surface area (Å²) in [6.45, 7) is 2.99. The van der Waals surface area contributed by atoms with Gasteiger partial charge in [-0.15, -0.1) is 10.2 Å². The largest absolute Gasteiger partial charge is 0.471 e. The number of halogens is 2.